The van der Waals surface area contributed by atoms with Crippen LogP contribution in [0.2, 0.25) is 24.7 Å². The van der Waals surface area contributed by atoms with Crippen LogP contribution in [-0.2, 0) is 31.2 Å². The summed E-state index contributed by atoms with van der Waals surface area (Å²) >= 11 is 5.83. The van der Waals surface area contributed by atoms with E-state index in [0.717, 1.165) is 99.6 Å². The first-order valence-corrected chi connectivity index (χ1v) is 31.4. The van der Waals surface area contributed by atoms with Gasteiger partial charge in [-0.2, -0.15) is 0 Å². The van der Waals surface area contributed by atoms with Gasteiger partial charge in [0.05, 0.1) is 63.7 Å². The molecule has 5 aromatic rings. The van der Waals surface area contributed by atoms with Gasteiger partial charge in [0.25, 0.3) is 0 Å². The Labute approximate surface area is 451 Å². The molecule has 2 saturated heterocycles. The van der Waals surface area contributed by atoms with Gasteiger partial charge in [0.15, 0.2) is 31.3 Å². The molecule has 0 radical (unpaired) electrons. The number of rotatable bonds is 15. The Bertz CT molecular complexity index is 2970. The third kappa shape index (κ3) is 18.2. The summed E-state index contributed by atoms with van der Waals surface area (Å²) < 4.78 is 91.7. The first-order chi connectivity index (χ1) is 34.2. The summed E-state index contributed by atoms with van der Waals surface area (Å²) in [6.45, 7) is 25.0. The van der Waals surface area contributed by atoms with Gasteiger partial charge in [-0.15, -0.1) is 10.6 Å². The van der Waals surface area contributed by atoms with Gasteiger partial charge in [0.2, 0.25) is 0 Å². The highest BCUT2D eigenvalue weighted by molar-refractivity contribution is 7.90. The molecular formula is C49H64ClF3IN12O4S2Si-. The van der Waals surface area contributed by atoms with Crippen molar-refractivity contribution in [3.05, 3.63) is 117 Å². The van der Waals surface area contributed by atoms with Crippen LogP contribution in [0.3, 0.4) is 0 Å². The minimum Gasteiger partial charge on any atom is -1.00 e. The molecule has 0 N–H and O–H groups in total. The Balaban J connectivity index is 0.000000254. The molecule has 2 aliphatic heterocycles. The smallest absolute Gasteiger partial charge is 0.156 e. The molecule has 0 atom stereocenters. The third-order valence-electron chi connectivity index (χ3n) is 11.6. The topological polar surface area (TPSA) is 186 Å². The summed E-state index contributed by atoms with van der Waals surface area (Å²) in [7, 11) is -8.11. The molecule has 0 unspecified atom stereocenters. The van der Waals surface area contributed by atoms with Crippen LogP contribution in [-0.4, -0.2) is 137 Å². The molecule has 0 amide bonds. The minimum atomic E-state index is -3.50. The SMILES string of the molecule is CCCS(=O)(=O)Cc1ccc(F)c(-n2cc(-c3cncc(N4CCN(CC)CC4)c3)nn2)c1F.CCCS(=O)(=O)Cc1ccc(F)c(N=[N+]=[N-])c1Cl.CCN1CCN(c2cncc(C#C[Si](C)(C)C)c2)CC1.[I-]. The lowest BCUT2D eigenvalue weighted by atomic mass is 10.2. The van der Waals surface area contributed by atoms with E-state index in [1.165, 1.54) is 18.0 Å². The van der Waals surface area contributed by atoms with Crippen molar-refractivity contribution in [1.29, 1.82) is 0 Å². The highest BCUT2D eigenvalue weighted by Crippen LogP contribution is 2.33. The minimum absolute atomic E-state index is 0. The number of piperazine rings is 2. The second-order valence-corrected chi connectivity index (χ2v) is 27.9. The van der Waals surface area contributed by atoms with Crippen LogP contribution < -0.4 is 33.8 Å². The number of benzene rings is 2. The second kappa shape index (κ2) is 28.2. The zero-order valence-electron chi connectivity index (χ0n) is 42.4. The van der Waals surface area contributed by atoms with E-state index in [-0.39, 0.29) is 63.1 Å². The van der Waals surface area contributed by atoms with E-state index in [1.54, 1.807) is 26.2 Å². The summed E-state index contributed by atoms with van der Waals surface area (Å²) in [5.41, 5.74) is 15.3. The number of halogens is 5. The zero-order valence-corrected chi connectivity index (χ0v) is 47.9. The number of likely N-dealkylation sites (N-methyl/N-ethyl adjacent to an activating group) is 2. The molecule has 16 nitrogen and oxygen atoms in total. The van der Waals surface area contributed by atoms with Crippen molar-refractivity contribution in [2.75, 3.05) is 86.8 Å². The predicted molar refractivity (Wildman–Crippen MR) is 283 cm³/mol. The van der Waals surface area contributed by atoms with Gasteiger partial charge < -0.3 is 43.6 Å². The van der Waals surface area contributed by atoms with Crippen LogP contribution in [0, 0.1) is 28.9 Å². The standard InChI is InChI=1S/C23H28F2N6O2S.C16H25N3Si.C10H11ClFN3O2S.HI/c1-3-11-34(32,33)16-17-5-6-20(24)23(22(17)25)31-15-21(27-28-31)18-12-19(14-26-13-18)30-9-7-29(4-2)8-10-30;1-5-18-7-9-19(10-8-18)16-12-15(13-17-14-16)6-11-20(2,3)4;1-2-5-18(16,17)6-7-3-4-8(12)10(9(7)11)14-15-13;/h5-6,12-15H,3-4,7-11,16H2,1-2H3;12-14H,5,7-10H2,1-4H3;3-4H,2,5-6H2,1H3;1H/p-1. The van der Waals surface area contributed by atoms with Crippen molar-refractivity contribution in [2.24, 2.45) is 5.11 Å². The molecule has 0 aliphatic carbocycles. The number of hydrogen-bond acceptors (Lipinski definition) is 13. The van der Waals surface area contributed by atoms with Gasteiger partial charge in [-0.3, -0.25) is 9.97 Å². The van der Waals surface area contributed by atoms with Crippen molar-refractivity contribution >= 4 is 56.4 Å². The Morgan fingerprint density at radius 3 is 1.79 bits per heavy atom. The number of nitrogens with zero attached hydrogens (tertiary/aromatic N) is 12. The van der Waals surface area contributed by atoms with Gasteiger partial charge in [-0.1, -0.05) is 87.3 Å². The molecule has 3 aromatic heterocycles. The van der Waals surface area contributed by atoms with E-state index in [1.807, 2.05) is 18.5 Å². The first kappa shape index (κ1) is 60.7. The predicted octanol–water partition coefficient (Wildman–Crippen LogP) is 6.28. The average Bonchev–Trinajstić information content (AvgIpc) is 3.84. The number of aromatic nitrogens is 5. The monoisotopic (exact) mass is 1200 g/mol. The Morgan fingerprint density at radius 1 is 0.740 bits per heavy atom. The number of azide groups is 1. The third-order valence-corrected chi connectivity index (χ3v) is 16.5. The van der Waals surface area contributed by atoms with E-state index in [4.69, 9.17) is 17.1 Å². The molecule has 2 aliphatic rings. The highest BCUT2D eigenvalue weighted by Gasteiger charge is 2.23. The van der Waals surface area contributed by atoms with Crippen molar-refractivity contribution < 1.29 is 54.0 Å². The molecule has 396 valence electrons. The van der Waals surface area contributed by atoms with Gasteiger partial charge in [-0.25, -0.2) is 34.7 Å². The number of pyridine rings is 2. The van der Waals surface area contributed by atoms with Crippen LogP contribution in [0.4, 0.5) is 30.2 Å². The lowest BCUT2D eigenvalue weighted by molar-refractivity contribution is -0.0000217. The molecular weight excluding hydrogens is 1130 g/mol. The van der Waals surface area contributed by atoms with E-state index in [9.17, 15) is 25.6 Å². The van der Waals surface area contributed by atoms with Crippen LogP contribution in [0.5, 0.6) is 0 Å². The fraction of sp³-hybridized carbons (Fsp3) is 0.469. The van der Waals surface area contributed by atoms with Crippen LogP contribution in [0.25, 0.3) is 27.4 Å². The summed E-state index contributed by atoms with van der Waals surface area (Å²) in [6, 6.07) is 8.64. The maximum Gasteiger partial charge on any atom is 0.156 e. The maximum atomic E-state index is 15.2. The summed E-state index contributed by atoms with van der Waals surface area (Å²) in [5, 5.41) is 11.0. The molecule has 24 heteroatoms. The van der Waals surface area contributed by atoms with Crippen molar-refractivity contribution in [2.45, 2.75) is 71.7 Å². The summed E-state index contributed by atoms with van der Waals surface area (Å²) in [5.74, 6) is -0.143. The van der Waals surface area contributed by atoms with Gasteiger partial charge in [0, 0.05) is 86.4 Å². The Morgan fingerprint density at radius 2 is 1.26 bits per heavy atom. The second-order valence-electron chi connectivity index (χ2n) is 18.4. The van der Waals surface area contributed by atoms with Gasteiger partial charge in [0.1, 0.15) is 25.3 Å². The van der Waals surface area contributed by atoms with Gasteiger partial charge >= 0.3 is 0 Å². The largest absolute Gasteiger partial charge is 1.00 e. The molecule has 73 heavy (non-hydrogen) atoms. The van der Waals surface area contributed by atoms with Crippen molar-refractivity contribution in [1.82, 2.24) is 34.8 Å². The lowest BCUT2D eigenvalue weighted by Crippen LogP contribution is -3.00. The quantitative estimate of drug-likeness (QED) is 0.0286. The fourth-order valence-corrected chi connectivity index (χ4v) is 11.6. The maximum absolute atomic E-state index is 15.2. The molecule has 7 rings (SSSR count). The van der Waals surface area contributed by atoms with Crippen LogP contribution in [0.15, 0.2) is 72.5 Å². The van der Waals surface area contributed by atoms with Crippen LogP contribution >= 0.6 is 11.6 Å². The molecule has 2 fully saturated rings. The molecule has 0 spiro atoms. The van der Waals surface area contributed by atoms with E-state index >= 15 is 4.39 Å². The average molecular weight is 1200 g/mol. The molecule has 0 saturated carbocycles. The van der Waals surface area contributed by atoms with Crippen molar-refractivity contribution in [3.63, 3.8) is 0 Å². The Kier molecular flexibility index (Phi) is 23.5. The fourth-order valence-electron chi connectivity index (χ4n) is 7.79. The lowest BCUT2D eigenvalue weighted by Gasteiger charge is -2.35. The van der Waals surface area contributed by atoms with Crippen molar-refractivity contribution in [3.8, 4) is 28.4 Å². The number of sulfone groups is 2. The summed E-state index contributed by atoms with van der Waals surface area (Å²) in [6.07, 6.45) is 9.58. The van der Waals surface area contributed by atoms with E-state index in [2.05, 4.69) is 101 Å². The molecule has 0 bridgehead atoms. The normalized spacial score (nSPS) is 14.3. The molecule has 5 heterocycles. The van der Waals surface area contributed by atoms with E-state index in [0.29, 0.717) is 24.1 Å². The Hall–Kier alpha value is -4.80. The zero-order chi connectivity index (χ0) is 52.6. The van der Waals surface area contributed by atoms with E-state index < -0.39 is 56.6 Å². The number of anilines is 2. The highest BCUT2D eigenvalue weighted by atomic mass is 127. The van der Waals surface area contributed by atoms with Crippen LogP contribution in [0.1, 0.15) is 57.2 Å². The summed E-state index contributed by atoms with van der Waals surface area (Å²) in [4.78, 5) is 20.6. The number of hydrogen-bond donors (Lipinski definition) is 0. The molecule has 2 aromatic carbocycles. The first-order valence-electron chi connectivity index (χ1n) is 23.9. The van der Waals surface area contributed by atoms with Gasteiger partial charge in [-0.05, 0) is 61.3 Å².